The third kappa shape index (κ3) is 4.72. The highest BCUT2D eigenvalue weighted by Crippen LogP contribution is 2.39. The largest absolute Gasteiger partial charge is 0.393 e. The molecule has 4 N–H and O–H groups in total. The van der Waals surface area contributed by atoms with E-state index in [1.165, 1.54) is 19.3 Å². The molecule has 3 nitrogen and oxygen atoms in total. The Balaban J connectivity index is 1.47. The Morgan fingerprint density at radius 1 is 0.696 bits per heavy atom. The molecule has 130 valence electrons. The van der Waals surface area contributed by atoms with Gasteiger partial charge in [-0.25, -0.2) is 0 Å². The molecule has 0 saturated heterocycles. The van der Waals surface area contributed by atoms with Crippen LogP contribution in [0.5, 0.6) is 0 Å². The first kappa shape index (κ1) is 17.3. The van der Waals surface area contributed by atoms with Crippen LogP contribution >= 0.6 is 0 Å². The Hall–Kier alpha value is -0.560. The van der Waals surface area contributed by atoms with Crippen LogP contribution in [0.3, 0.4) is 0 Å². The molecule has 3 fully saturated rings. The second-order valence-electron chi connectivity index (χ2n) is 8.22. The van der Waals surface area contributed by atoms with E-state index in [9.17, 15) is 10.2 Å². The van der Waals surface area contributed by atoms with E-state index < -0.39 is 0 Å². The lowest BCUT2D eigenvalue weighted by Gasteiger charge is -2.38. The number of aliphatic hydroxyl groups is 2. The van der Waals surface area contributed by atoms with Gasteiger partial charge in [0.2, 0.25) is 0 Å². The van der Waals surface area contributed by atoms with Crippen molar-refractivity contribution >= 4 is 0 Å². The van der Waals surface area contributed by atoms with E-state index >= 15 is 0 Å². The molecular formula is C20H33NO2. The van der Waals surface area contributed by atoms with Crippen molar-refractivity contribution in [3.8, 4) is 11.8 Å². The Kier molecular flexibility index (Phi) is 6.01. The molecular weight excluding hydrogens is 286 g/mol. The topological polar surface area (TPSA) is 66.5 Å². The third-order valence-corrected chi connectivity index (χ3v) is 6.51. The zero-order valence-electron chi connectivity index (χ0n) is 14.3. The molecule has 0 radical (unpaired) electrons. The van der Waals surface area contributed by atoms with E-state index in [0.29, 0.717) is 17.9 Å². The number of rotatable bonds is 1. The van der Waals surface area contributed by atoms with Crippen LogP contribution in [-0.2, 0) is 0 Å². The molecule has 3 saturated carbocycles. The molecule has 0 spiro atoms. The SMILES string of the molecule is NC1CCC(C2CCC(C#CC3CCC(O)CC3)C(O)C2)CC1. The predicted octanol–water partition coefficient (Wildman–Crippen LogP) is 2.84. The molecule has 0 heterocycles. The van der Waals surface area contributed by atoms with Gasteiger partial charge in [0.25, 0.3) is 0 Å². The quantitative estimate of drug-likeness (QED) is 0.651. The maximum atomic E-state index is 10.5. The maximum Gasteiger partial charge on any atom is 0.0680 e. The minimum absolute atomic E-state index is 0.113. The lowest BCUT2D eigenvalue weighted by atomic mass is 9.69. The van der Waals surface area contributed by atoms with Crippen molar-refractivity contribution in [1.29, 1.82) is 0 Å². The minimum atomic E-state index is -0.244. The van der Waals surface area contributed by atoms with Gasteiger partial charge in [0.1, 0.15) is 0 Å². The van der Waals surface area contributed by atoms with Gasteiger partial charge in [-0.2, -0.15) is 0 Å². The van der Waals surface area contributed by atoms with Crippen LogP contribution in [0, 0.1) is 35.5 Å². The minimum Gasteiger partial charge on any atom is -0.393 e. The summed E-state index contributed by atoms with van der Waals surface area (Å²) in [6.07, 6.45) is 11.5. The molecule has 0 amide bonds. The van der Waals surface area contributed by atoms with Gasteiger partial charge in [-0.1, -0.05) is 11.8 Å². The maximum absolute atomic E-state index is 10.5. The first-order valence-corrected chi connectivity index (χ1v) is 9.74. The fourth-order valence-electron chi connectivity index (χ4n) is 4.84. The van der Waals surface area contributed by atoms with Crippen LogP contribution in [0.1, 0.15) is 70.6 Å². The summed E-state index contributed by atoms with van der Waals surface area (Å²) in [6.45, 7) is 0. The van der Waals surface area contributed by atoms with Crippen LogP contribution in [0.25, 0.3) is 0 Å². The second-order valence-corrected chi connectivity index (χ2v) is 8.22. The first-order valence-electron chi connectivity index (χ1n) is 9.74. The van der Waals surface area contributed by atoms with Crippen molar-refractivity contribution < 1.29 is 10.2 Å². The van der Waals surface area contributed by atoms with Crippen LogP contribution in [0.2, 0.25) is 0 Å². The molecule has 3 atom stereocenters. The molecule has 0 aromatic carbocycles. The molecule has 0 aliphatic heterocycles. The van der Waals surface area contributed by atoms with Gasteiger partial charge in [0.15, 0.2) is 0 Å². The van der Waals surface area contributed by atoms with Crippen molar-refractivity contribution in [3.05, 3.63) is 0 Å². The van der Waals surface area contributed by atoms with Crippen molar-refractivity contribution in [3.63, 3.8) is 0 Å². The summed E-state index contributed by atoms with van der Waals surface area (Å²) >= 11 is 0. The zero-order valence-corrected chi connectivity index (χ0v) is 14.3. The van der Waals surface area contributed by atoms with E-state index in [1.807, 2.05) is 0 Å². The first-order chi connectivity index (χ1) is 11.1. The Morgan fingerprint density at radius 2 is 1.35 bits per heavy atom. The summed E-state index contributed by atoms with van der Waals surface area (Å²) in [4.78, 5) is 0. The van der Waals surface area contributed by atoms with Crippen LogP contribution in [0.15, 0.2) is 0 Å². The normalized spacial score (nSPS) is 45.1. The van der Waals surface area contributed by atoms with Crippen molar-refractivity contribution in [1.82, 2.24) is 0 Å². The van der Waals surface area contributed by atoms with Gasteiger partial charge >= 0.3 is 0 Å². The Morgan fingerprint density at radius 3 is 2.00 bits per heavy atom. The van der Waals surface area contributed by atoms with Crippen molar-refractivity contribution in [2.45, 2.75) is 88.9 Å². The van der Waals surface area contributed by atoms with E-state index in [4.69, 9.17) is 5.73 Å². The molecule has 23 heavy (non-hydrogen) atoms. The smallest absolute Gasteiger partial charge is 0.0680 e. The van der Waals surface area contributed by atoms with Crippen LogP contribution in [0.4, 0.5) is 0 Å². The van der Waals surface area contributed by atoms with E-state index in [1.54, 1.807) is 0 Å². The van der Waals surface area contributed by atoms with Crippen LogP contribution < -0.4 is 5.73 Å². The summed E-state index contributed by atoms with van der Waals surface area (Å²) in [5.41, 5.74) is 6.01. The standard InChI is InChI=1S/C20H33NO2/c21-18-9-7-15(8-10-18)17-6-5-16(20(23)13-17)4-1-14-2-11-19(22)12-3-14/h14-20,22-23H,2-3,5-13,21H2. The monoisotopic (exact) mass is 319 g/mol. The molecule has 3 aliphatic carbocycles. The van der Waals surface area contributed by atoms with Gasteiger partial charge in [-0.3, -0.25) is 0 Å². The summed E-state index contributed by atoms with van der Waals surface area (Å²) in [5, 5.41) is 20.1. The highest BCUT2D eigenvalue weighted by atomic mass is 16.3. The molecule has 3 unspecified atom stereocenters. The highest BCUT2D eigenvalue weighted by molar-refractivity contribution is 5.11. The number of hydrogen-bond acceptors (Lipinski definition) is 3. The fourth-order valence-corrected chi connectivity index (χ4v) is 4.84. The van der Waals surface area contributed by atoms with E-state index in [0.717, 1.165) is 57.3 Å². The molecule has 0 aromatic heterocycles. The summed E-state index contributed by atoms with van der Waals surface area (Å²) in [6, 6.07) is 0.410. The summed E-state index contributed by atoms with van der Waals surface area (Å²) < 4.78 is 0. The Labute approximate surface area is 141 Å². The molecule has 0 bridgehead atoms. The highest BCUT2D eigenvalue weighted by Gasteiger charge is 2.34. The van der Waals surface area contributed by atoms with Gasteiger partial charge < -0.3 is 15.9 Å². The van der Waals surface area contributed by atoms with Gasteiger partial charge in [-0.05, 0) is 82.5 Å². The second kappa shape index (κ2) is 8.01. The molecule has 3 rings (SSSR count). The predicted molar refractivity (Wildman–Crippen MR) is 92.5 cm³/mol. The molecule has 3 aliphatic rings. The van der Waals surface area contributed by atoms with Crippen LogP contribution in [-0.4, -0.2) is 28.5 Å². The zero-order chi connectivity index (χ0) is 16.2. The molecule has 0 aromatic rings. The summed E-state index contributed by atoms with van der Waals surface area (Å²) in [7, 11) is 0. The van der Waals surface area contributed by atoms with Gasteiger partial charge in [-0.15, -0.1) is 0 Å². The van der Waals surface area contributed by atoms with E-state index in [2.05, 4.69) is 11.8 Å². The Bertz CT molecular complexity index is 425. The average molecular weight is 319 g/mol. The third-order valence-electron chi connectivity index (χ3n) is 6.51. The average Bonchev–Trinajstić information content (AvgIpc) is 2.56. The summed E-state index contributed by atoms with van der Waals surface area (Å²) in [5.74, 6) is 8.85. The number of hydrogen-bond donors (Lipinski definition) is 3. The van der Waals surface area contributed by atoms with Crippen molar-refractivity contribution in [2.75, 3.05) is 0 Å². The van der Waals surface area contributed by atoms with Gasteiger partial charge in [0, 0.05) is 17.9 Å². The number of nitrogens with two attached hydrogens (primary N) is 1. The lowest BCUT2D eigenvalue weighted by molar-refractivity contribution is 0.0424. The van der Waals surface area contributed by atoms with Crippen molar-refractivity contribution in [2.24, 2.45) is 29.4 Å². The van der Waals surface area contributed by atoms with E-state index in [-0.39, 0.29) is 18.1 Å². The number of aliphatic hydroxyl groups excluding tert-OH is 2. The molecule has 3 heteroatoms. The van der Waals surface area contributed by atoms with Gasteiger partial charge in [0.05, 0.1) is 12.2 Å². The lowest BCUT2D eigenvalue weighted by Crippen LogP contribution is -2.35. The fraction of sp³-hybridized carbons (Fsp3) is 0.900.